The van der Waals surface area contributed by atoms with E-state index in [1.807, 2.05) is 19.1 Å². The zero-order valence-corrected chi connectivity index (χ0v) is 9.75. The molecule has 0 spiro atoms. The minimum atomic E-state index is -0.670. The third kappa shape index (κ3) is 2.60. The predicted octanol–water partition coefficient (Wildman–Crippen LogP) is 2.63. The second-order valence-corrected chi connectivity index (χ2v) is 3.90. The van der Waals surface area contributed by atoms with E-state index < -0.39 is 5.97 Å². The van der Waals surface area contributed by atoms with Gasteiger partial charge in [-0.05, 0) is 31.2 Å². The second kappa shape index (κ2) is 4.79. The fourth-order valence-electron chi connectivity index (χ4n) is 1.46. The molecule has 0 aromatic heterocycles. The van der Waals surface area contributed by atoms with Crippen molar-refractivity contribution in [2.24, 2.45) is 0 Å². The third-order valence-electron chi connectivity index (χ3n) is 2.43. The molecule has 0 aliphatic carbocycles. The van der Waals surface area contributed by atoms with E-state index in [1.165, 1.54) is 12.1 Å². The molecular weight excluding hydrogens is 232 g/mol. The number of rotatable bonds is 2. The van der Waals surface area contributed by atoms with Crippen molar-refractivity contribution in [2.45, 2.75) is 6.92 Å². The Labute approximate surface area is 104 Å². The van der Waals surface area contributed by atoms with Crippen molar-refractivity contribution in [3.05, 3.63) is 53.6 Å². The molecular formula is C14H12O4. The van der Waals surface area contributed by atoms with Crippen LogP contribution in [0, 0.1) is 6.92 Å². The zero-order valence-electron chi connectivity index (χ0n) is 9.75. The first kappa shape index (κ1) is 12.0. The Kier molecular flexibility index (Phi) is 3.19. The highest BCUT2D eigenvalue weighted by molar-refractivity contribution is 5.94. The molecule has 0 heterocycles. The van der Waals surface area contributed by atoms with Crippen LogP contribution in [0.15, 0.2) is 42.5 Å². The molecule has 2 N–H and O–H groups in total. The van der Waals surface area contributed by atoms with Crippen molar-refractivity contribution >= 4 is 5.97 Å². The number of carbonyl (C=O) groups is 1. The van der Waals surface area contributed by atoms with Crippen LogP contribution in [0.5, 0.6) is 17.2 Å². The standard InChI is InChI=1S/C14H12O4/c1-9-2-5-11(6-3-9)18-14(17)12-7-4-10(15)8-13(12)16/h2-8,15-16H,1H3. The minimum absolute atomic E-state index is 0.00775. The third-order valence-corrected chi connectivity index (χ3v) is 2.43. The average Bonchev–Trinajstić information content (AvgIpc) is 2.32. The number of hydrogen-bond donors (Lipinski definition) is 2. The Morgan fingerprint density at radius 1 is 1.06 bits per heavy atom. The maximum absolute atomic E-state index is 11.8. The van der Waals surface area contributed by atoms with E-state index in [9.17, 15) is 9.90 Å². The predicted molar refractivity (Wildman–Crippen MR) is 65.9 cm³/mol. The highest BCUT2D eigenvalue weighted by atomic mass is 16.5. The van der Waals surface area contributed by atoms with Crippen molar-refractivity contribution in [3.63, 3.8) is 0 Å². The minimum Gasteiger partial charge on any atom is -0.508 e. The average molecular weight is 244 g/mol. The number of hydrogen-bond acceptors (Lipinski definition) is 4. The van der Waals surface area contributed by atoms with Gasteiger partial charge in [0.25, 0.3) is 0 Å². The van der Waals surface area contributed by atoms with Crippen LogP contribution in [0.2, 0.25) is 0 Å². The molecule has 0 amide bonds. The van der Waals surface area contributed by atoms with E-state index in [4.69, 9.17) is 9.84 Å². The molecule has 0 aliphatic heterocycles. The Morgan fingerprint density at radius 2 is 1.72 bits per heavy atom. The molecule has 0 fully saturated rings. The van der Waals surface area contributed by atoms with Crippen molar-refractivity contribution in [1.29, 1.82) is 0 Å². The fraction of sp³-hybridized carbons (Fsp3) is 0.0714. The number of phenolic OH excluding ortho intramolecular Hbond substituents is 2. The lowest BCUT2D eigenvalue weighted by molar-refractivity contribution is 0.0731. The van der Waals surface area contributed by atoms with E-state index in [-0.39, 0.29) is 17.1 Å². The van der Waals surface area contributed by atoms with Crippen LogP contribution in [0.4, 0.5) is 0 Å². The summed E-state index contributed by atoms with van der Waals surface area (Å²) in [5.74, 6) is -0.694. The summed E-state index contributed by atoms with van der Waals surface area (Å²) in [5, 5.41) is 18.7. The van der Waals surface area contributed by atoms with Crippen LogP contribution in [0.25, 0.3) is 0 Å². The van der Waals surface area contributed by atoms with Gasteiger partial charge in [-0.1, -0.05) is 17.7 Å². The van der Waals surface area contributed by atoms with Gasteiger partial charge in [-0.25, -0.2) is 4.79 Å². The summed E-state index contributed by atoms with van der Waals surface area (Å²) in [5.41, 5.74) is 1.07. The summed E-state index contributed by atoms with van der Waals surface area (Å²) in [6, 6.07) is 10.7. The maximum atomic E-state index is 11.8. The molecule has 0 saturated heterocycles. The smallest absolute Gasteiger partial charge is 0.347 e. The van der Waals surface area contributed by atoms with E-state index in [2.05, 4.69) is 0 Å². The largest absolute Gasteiger partial charge is 0.508 e. The highest BCUT2D eigenvalue weighted by Crippen LogP contribution is 2.24. The first-order valence-corrected chi connectivity index (χ1v) is 5.37. The van der Waals surface area contributed by atoms with Gasteiger partial charge >= 0.3 is 5.97 Å². The van der Waals surface area contributed by atoms with Crippen LogP contribution in [0.1, 0.15) is 15.9 Å². The van der Waals surface area contributed by atoms with Gasteiger partial charge in [-0.2, -0.15) is 0 Å². The van der Waals surface area contributed by atoms with Crippen molar-refractivity contribution in [3.8, 4) is 17.2 Å². The second-order valence-electron chi connectivity index (χ2n) is 3.90. The molecule has 2 rings (SSSR count). The molecule has 0 aliphatic rings. The summed E-state index contributed by atoms with van der Waals surface area (Å²) < 4.78 is 5.10. The molecule has 0 bridgehead atoms. The summed E-state index contributed by atoms with van der Waals surface area (Å²) >= 11 is 0. The molecule has 2 aromatic rings. The van der Waals surface area contributed by atoms with Gasteiger partial charge < -0.3 is 14.9 Å². The van der Waals surface area contributed by atoms with Gasteiger partial charge in [-0.3, -0.25) is 0 Å². The quantitative estimate of drug-likeness (QED) is 0.629. The highest BCUT2D eigenvalue weighted by Gasteiger charge is 2.13. The number of ether oxygens (including phenoxy) is 1. The van der Waals surface area contributed by atoms with Gasteiger partial charge in [0.1, 0.15) is 22.8 Å². The Morgan fingerprint density at radius 3 is 2.33 bits per heavy atom. The van der Waals surface area contributed by atoms with E-state index in [0.717, 1.165) is 11.6 Å². The number of aryl methyl sites for hydroxylation is 1. The lowest BCUT2D eigenvalue weighted by atomic mass is 10.2. The van der Waals surface area contributed by atoms with Crippen molar-refractivity contribution in [2.75, 3.05) is 0 Å². The van der Waals surface area contributed by atoms with E-state index >= 15 is 0 Å². The van der Waals surface area contributed by atoms with Gasteiger partial charge in [0.15, 0.2) is 0 Å². The fourth-order valence-corrected chi connectivity index (χ4v) is 1.46. The molecule has 0 unspecified atom stereocenters. The van der Waals surface area contributed by atoms with Gasteiger partial charge in [0.05, 0.1) is 0 Å². The molecule has 0 saturated carbocycles. The van der Waals surface area contributed by atoms with Crippen LogP contribution < -0.4 is 4.74 Å². The topological polar surface area (TPSA) is 66.8 Å². The number of esters is 1. The molecule has 4 nitrogen and oxygen atoms in total. The number of phenols is 2. The van der Waals surface area contributed by atoms with Gasteiger partial charge in [0, 0.05) is 6.07 Å². The normalized spacial score (nSPS) is 10.1. The monoisotopic (exact) mass is 244 g/mol. The van der Waals surface area contributed by atoms with Gasteiger partial charge in [0.2, 0.25) is 0 Å². The molecule has 4 heteroatoms. The van der Waals surface area contributed by atoms with Crippen LogP contribution in [-0.4, -0.2) is 16.2 Å². The Balaban J connectivity index is 2.19. The molecule has 2 aromatic carbocycles. The van der Waals surface area contributed by atoms with Crippen LogP contribution in [0.3, 0.4) is 0 Å². The van der Waals surface area contributed by atoms with Crippen LogP contribution >= 0.6 is 0 Å². The van der Waals surface area contributed by atoms with Gasteiger partial charge in [-0.15, -0.1) is 0 Å². The molecule has 0 atom stereocenters. The van der Waals surface area contributed by atoms with Crippen LogP contribution in [-0.2, 0) is 0 Å². The molecule has 0 radical (unpaired) electrons. The summed E-state index contributed by atoms with van der Waals surface area (Å²) in [6.07, 6.45) is 0. The van der Waals surface area contributed by atoms with E-state index in [1.54, 1.807) is 12.1 Å². The lowest BCUT2D eigenvalue weighted by Crippen LogP contribution is -2.08. The van der Waals surface area contributed by atoms with Crippen molar-refractivity contribution in [1.82, 2.24) is 0 Å². The lowest BCUT2D eigenvalue weighted by Gasteiger charge is -2.06. The first-order valence-electron chi connectivity index (χ1n) is 5.37. The summed E-state index contributed by atoms with van der Waals surface area (Å²) in [6.45, 7) is 1.93. The number of benzene rings is 2. The molecule has 92 valence electrons. The zero-order chi connectivity index (χ0) is 13.1. The number of aromatic hydroxyl groups is 2. The van der Waals surface area contributed by atoms with E-state index in [0.29, 0.717) is 5.75 Å². The molecule has 18 heavy (non-hydrogen) atoms. The summed E-state index contributed by atoms with van der Waals surface area (Å²) in [7, 11) is 0. The summed E-state index contributed by atoms with van der Waals surface area (Å²) in [4.78, 5) is 11.8. The Hall–Kier alpha value is -2.49. The SMILES string of the molecule is Cc1ccc(OC(=O)c2ccc(O)cc2O)cc1. The Bertz CT molecular complexity index is 573. The number of carbonyl (C=O) groups excluding carboxylic acids is 1. The maximum Gasteiger partial charge on any atom is 0.347 e. The van der Waals surface area contributed by atoms with Crippen molar-refractivity contribution < 1.29 is 19.7 Å². The first-order chi connectivity index (χ1) is 8.56.